The number of carbonyl (C=O) groups is 1. The van der Waals surface area contributed by atoms with Crippen molar-refractivity contribution < 1.29 is 14.8 Å². The number of phenols is 1. The molecule has 5 heteroatoms. The van der Waals surface area contributed by atoms with Gasteiger partial charge in [-0.25, -0.2) is 0 Å². The molecule has 0 saturated heterocycles. The molecule has 5 nitrogen and oxygen atoms in total. The standard InChI is InChI=1S/C10H9NO4/c1-7(6-12)4-8-5-9(11(14)15)2-3-10(8)13/h2-6,13H,1H3. The lowest BCUT2D eigenvalue weighted by molar-refractivity contribution is -0.384. The van der Waals surface area contributed by atoms with Crippen LogP contribution in [0.15, 0.2) is 23.8 Å². The second-order valence-corrected chi connectivity index (χ2v) is 3.01. The second-order valence-electron chi connectivity index (χ2n) is 3.01. The van der Waals surface area contributed by atoms with Crippen molar-refractivity contribution >= 4 is 18.0 Å². The lowest BCUT2D eigenvalue weighted by Crippen LogP contribution is -1.88. The number of carbonyl (C=O) groups excluding carboxylic acids is 1. The van der Waals surface area contributed by atoms with Crippen LogP contribution in [0.5, 0.6) is 5.75 Å². The minimum Gasteiger partial charge on any atom is -0.507 e. The summed E-state index contributed by atoms with van der Waals surface area (Å²) in [5.74, 6) is -0.0956. The molecule has 1 aromatic rings. The topological polar surface area (TPSA) is 80.4 Å². The van der Waals surface area contributed by atoms with Crippen molar-refractivity contribution in [3.63, 3.8) is 0 Å². The van der Waals surface area contributed by atoms with Crippen molar-refractivity contribution in [3.8, 4) is 5.75 Å². The summed E-state index contributed by atoms with van der Waals surface area (Å²) in [6.45, 7) is 1.55. The van der Waals surface area contributed by atoms with Crippen molar-refractivity contribution in [2.75, 3.05) is 0 Å². The molecular formula is C10H9NO4. The fraction of sp³-hybridized carbons (Fsp3) is 0.100. The monoisotopic (exact) mass is 207 g/mol. The molecule has 0 fully saturated rings. The highest BCUT2D eigenvalue weighted by molar-refractivity contribution is 5.82. The van der Waals surface area contributed by atoms with Crippen LogP contribution in [0, 0.1) is 10.1 Å². The molecule has 0 aromatic heterocycles. The number of nitrogens with zero attached hydrogens (tertiary/aromatic N) is 1. The zero-order valence-electron chi connectivity index (χ0n) is 8.01. The maximum absolute atomic E-state index is 10.5. The Morgan fingerprint density at radius 1 is 1.53 bits per heavy atom. The summed E-state index contributed by atoms with van der Waals surface area (Å²) in [7, 11) is 0. The normalized spacial score (nSPS) is 11.1. The van der Waals surface area contributed by atoms with E-state index in [1.165, 1.54) is 24.3 Å². The third-order valence-corrected chi connectivity index (χ3v) is 1.79. The van der Waals surface area contributed by atoms with Crippen LogP contribution in [0.4, 0.5) is 5.69 Å². The van der Waals surface area contributed by atoms with Crippen LogP contribution in [-0.2, 0) is 4.79 Å². The lowest BCUT2D eigenvalue weighted by atomic mass is 10.1. The fourth-order valence-electron chi connectivity index (χ4n) is 1.05. The number of aldehydes is 1. The van der Waals surface area contributed by atoms with Crippen LogP contribution < -0.4 is 0 Å². The van der Waals surface area contributed by atoms with Crippen LogP contribution in [0.1, 0.15) is 12.5 Å². The first-order valence-electron chi connectivity index (χ1n) is 4.15. The van der Waals surface area contributed by atoms with E-state index in [0.29, 0.717) is 11.9 Å². The Bertz CT molecular complexity index is 437. The van der Waals surface area contributed by atoms with Gasteiger partial charge in [-0.15, -0.1) is 0 Å². The van der Waals surface area contributed by atoms with Crippen LogP contribution in [0.25, 0.3) is 6.08 Å². The summed E-state index contributed by atoms with van der Waals surface area (Å²) in [4.78, 5) is 20.2. The van der Waals surface area contributed by atoms with E-state index in [-0.39, 0.29) is 17.0 Å². The van der Waals surface area contributed by atoms with Crippen LogP contribution in [0.3, 0.4) is 0 Å². The van der Waals surface area contributed by atoms with E-state index in [1.807, 2.05) is 0 Å². The van der Waals surface area contributed by atoms with Crippen LogP contribution in [0.2, 0.25) is 0 Å². The Balaban J connectivity index is 3.22. The van der Waals surface area contributed by atoms with Crippen molar-refractivity contribution in [1.29, 1.82) is 0 Å². The van der Waals surface area contributed by atoms with E-state index in [4.69, 9.17) is 0 Å². The summed E-state index contributed by atoms with van der Waals surface area (Å²) in [6.07, 6.45) is 1.99. The maximum Gasteiger partial charge on any atom is 0.270 e. The number of hydrogen-bond donors (Lipinski definition) is 1. The van der Waals surface area contributed by atoms with E-state index >= 15 is 0 Å². The van der Waals surface area contributed by atoms with E-state index in [2.05, 4.69) is 0 Å². The quantitative estimate of drug-likeness (QED) is 0.355. The van der Waals surface area contributed by atoms with Crippen molar-refractivity contribution in [2.24, 2.45) is 0 Å². The Morgan fingerprint density at radius 3 is 2.73 bits per heavy atom. The molecule has 78 valence electrons. The van der Waals surface area contributed by atoms with Crippen molar-refractivity contribution in [2.45, 2.75) is 6.92 Å². The van der Waals surface area contributed by atoms with Gasteiger partial charge in [0.15, 0.2) is 0 Å². The van der Waals surface area contributed by atoms with Crippen LogP contribution in [-0.4, -0.2) is 16.3 Å². The third-order valence-electron chi connectivity index (χ3n) is 1.79. The van der Waals surface area contributed by atoms with Crippen molar-refractivity contribution in [1.82, 2.24) is 0 Å². The number of allylic oxidation sites excluding steroid dienone is 1. The largest absolute Gasteiger partial charge is 0.507 e. The molecule has 0 unspecified atom stereocenters. The smallest absolute Gasteiger partial charge is 0.270 e. The highest BCUT2D eigenvalue weighted by Gasteiger charge is 2.08. The fourth-order valence-corrected chi connectivity index (χ4v) is 1.05. The Morgan fingerprint density at radius 2 is 2.20 bits per heavy atom. The van der Waals surface area contributed by atoms with Gasteiger partial charge in [0.2, 0.25) is 0 Å². The summed E-state index contributed by atoms with van der Waals surface area (Å²) >= 11 is 0. The number of nitro benzene ring substituents is 1. The molecule has 1 rings (SSSR count). The number of phenolic OH excluding ortho intramolecular Hbond substituents is 1. The van der Waals surface area contributed by atoms with E-state index < -0.39 is 4.92 Å². The predicted octanol–water partition coefficient (Wildman–Crippen LogP) is 1.90. The molecule has 1 N–H and O–H groups in total. The second kappa shape index (κ2) is 4.36. The summed E-state index contributed by atoms with van der Waals surface area (Å²) < 4.78 is 0. The molecule has 15 heavy (non-hydrogen) atoms. The number of hydrogen-bond acceptors (Lipinski definition) is 4. The summed E-state index contributed by atoms with van der Waals surface area (Å²) in [6, 6.07) is 3.63. The average molecular weight is 207 g/mol. The number of aromatic hydroxyl groups is 1. The zero-order valence-corrected chi connectivity index (χ0v) is 8.01. The minimum absolute atomic E-state index is 0.0956. The lowest BCUT2D eigenvalue weighted by Gasteiger charge is -1.99. The first-order valence-corrected chi connectivity index (χ1v) is 4.15. The van der Waals surface area contributed by atoms with Gasteiger partial charge in [-0.05, 0) is 24.6 Å². The Hall–Kier alpha value is -2.17. The van der Waals surface area contributed by atoms with Gasteiger partial charge in [-0.3, -0.25) is 14.9 Å². The molecule has 0 aliphatic rings. The van der Waals surface area contributed by atoms with Gasteiger partial charge in [0, 0.05) is 17.7 Å². The average Bonchev–Trinajstić information content (AvgIpc) is 2.20. The van der Waals surface area contributed by atoms with Gasteiger partial charge < -0.3 is 5.11 Å². The van der Waals surface area contributed by atoms with E-state index in [0.717, 1.165) is 0 Å². The number of non-ortho nitro benzene ring substituents is 1. The molecule has 0 aliphatic heterocycles. The maximum atomic E-state index is 10.5. The number of nitro groups is 1. The SMILES string of the molecule is CC(C=O)=Cc1cc([N+](=O)[O-])ccc1O. The highest BCUT2D eigenvalue weighted by atomic mass is 16.6. The van der Waals surface area contributed by atoms with Gasteiger partial charge in [-0.2, -0.15) is 0 Å². The van der Waals surface area contributed by atoms with Gasteiger partial charge in [0.25, 0.3) is 5.69 Å². The molecule has 0 spiro atoms. The van der Waals surface area contributed by atoms with Crippen molar-refractivity contribution in [3.05, 3.63) is 39.4 Å². The van der Waals surface area contributed by atoms with Gasteiger partial charge >= 0.3 is 0 Å². The molecule has 0 amide bonds. The minimum atomic E-state index is -0.562. The van der Waals surface area contributed by atoms with Crippen LogP contribution >= 0.6 is 0 Å². The molecule has 0 bridgehead atoms. The Kier molecular flexibility index (Phi) is 3.17. The van der Waals surface area contributed by atoms with Gasteiger partial charge in [0.1, 0.15) is 12.0 Å². The van der Waals surface area contributed by atoms with E-state index in [9.17, 15) is 20.0 Å². The number of benzene rings is 1. The van der Waals surface area contributed by atoms with Gasteiger partial charge in [0.05, 0.1) is 4.92 Å². The Labute approximate surface area is 85.8 Å². The summed E-state index contributed by atoms with van der Waals surface area (Å²) in [5, 5.41) is 19.8. The molecule has 0 aliphatic carbocycles. The van der Waals surface area contributed by atoms with E-state index in [1.54, 1.807) is 6.92 Å². The predicted molar refractivity (Wildman–Crippen MR) is 54.5 cm³/mol. The third kappa shape index (κ3) is 2.63. The zero-order chi connectivity index (χ0) is 11.4. The highest BCUT2D eigenvalue weighted by Crippen LogP contribution is 2.24. The first-order chi connectivity index (χ1) is 7.04. The molecular weight excluding hydrogens is 198 g/mol. The molecule has 1 aromatic carbocycles. The van der Waals surface area contributed by atoms with Gasteiger partial charge in [-0.1, -0.05) is 0 Å². The molecule has 0 atom stereocenters. The molecule has 0 radical (unpaired) electrons. The summed E-state index contributed by atoms with van der Waals surface area (Å²) in [5.41, 5.74) is 0.511. The number of rotatable bonds is 3. The molecule has 0 heterocycles. The molecule has 0 saturated carbocycles. The first kappa shape index (κ1) is 10.9.